The number of carbonyl (C=O) groups is 2. The number of hydrogen-bond acceptors (Lipinski definition) is 2. The van der Waals surface area contributed by atoms with Crippen LogP contribution in [0.1, 0.15) is 59.3 Å². The first-order chi connectivity index (χ1) is 8.41. The molecule has 4 nitrogen and oxygen atoms in total. The van der Waals surface area contributed by atoms with Crippen molar-refractivity contribution in [2.75, 3.05) is 6.54 Å². The molecule has 0 aromatic carbocycles. The molecule has 0 aliphatic heterocycles. The maximum absolute atomic E-state index is 12.3. The maximum Gasteiger partial charge on any atom is 0.223 e. The van der Waals surface area contributed by atoms with Crippen LogP contribution in [-0.2, 0) is 9.59 Å². The minimum Gasteiger partial charge on any atom is -0.370 e. The highest BCUT2D eigenvalue weighted by atomic mass is 16.2. The fourth-order valence-electron chi connectivity index (χ4n) is 2.34. The molecule has 0 radical (unpaired) electrons. The Bertz CT molecular complexity index is 313. The fourth-order valence-corrected chi connectivity index (χ4v) is 2.34. The summed E-state index contributed by atoms with van der Waals surface area (Å²) < 4.78 is 0. The average Bonchev–Trinajstić information content (AvgIpc) is 3.08. The van der Waals surface area contributed by atoms with Crippen LogP contribution in [0.3, 0.4) is 0 Å². The summed E-state index contributed by atoms with van der Waals surface area (Å²) >= 11 is 0. The molecule has 0 spiro atoms. The SMILES string of the molecule is CCCN(C(=O)CC(C)(CC)CC(N)=O)C1CC1. The van der Waals surface area contributed by atoms with Gasteiger partial charge in [0.05, 0.1) is 0 Å². The van der Waals surface area contributed by atoms with Crippen LogP contribution in [-0.4, -0.2) is 29.3 Å². The monoisotopic (exact) mass is 254 g/mol. The normalized spacial score (nSPS) is 18.2. The average molecular weight is 254 g/mol. The van der Waals surface area contributed by atoms with Gasteiger partial charge in [0, 0.05) is 25.4 Å². The van der Waals surface area contributed by atoms with Gasteiger partial charge in [0.15, 0.2) is 0 Å². The van der Waals surface area contributed by atoms with Gasteiger partial charge in [0.25, 0.3) is 0 Å². The summed E-state index contributed by atoms with van der Waals surface area (Å²) in [5.41, 5.74) is 4.99. The standard InChI is InChI=1S/C14H26N2O2/c1-4-8-16(11-6-7-11)13(18)10-14(3,5-2)9-12(15)17/h11H,4-10H2,1-3H3,(H2,15,17). The van der Waals surface area contributed by atoms with E-state index in [1.807, 2.05) is 18.7 Å². The maximum atomic E-state index is 12.3. The molecule has 2 N–H and O–H groups in total. The van der Waals surface area contributed by atoms with Gasteiger partial charge < -0.3 is 10.6 Å². The second-order valence-electron chi connectivity index (χ2n) is 5.80. The number of nitrogens with two attached hydrogens (primary N) is 1. The lowest BCUT2D eigenvalue weighted by Gasteiger charge is -2.30. The van der Waals surface area contributed by atoms with Crippen LogP contribution < -0.4 is 5.73 Å². The topological polar surface area (TPSA) is 63.4 Å². The second-order valence-corrected chi connectivity index (χ2v) is 5.80. The molecule has 2 amide bonds. The Morgan fingerprint density at radius 3 is 2.28 bits per heavy atom. The van der Waals surface area contributed by atoms with E-state index in [1.54, 1.807) is 0 Å². The van der Waals surface area contributed by atoms with E-state index in [2.05, 4.69) is 6.92 Å². The Hall–Kier alpha value is -1.06. The van der Waals surface area contributed by atoms with Crippen molar-refractivity contribution >= 4 is 11.8 Å². The molecular formula is C14H26N2O2. The molecule has 1 saturated carbocycles. The molecule has 104 valence electrons. The molecule has 1 rings (SSSR count). The molecule has 0 saturated heterocycles. The van der Waals surface area contributed by atoms with Gasteiger partial charge in [-0.05, 0) is 31.1 Å². The lowest BCUT2D eigenvalue weighted by atomic mass is 9.80. The molecule has 1 aliphatic rings. The van der Waals surface area contributed by atoms with E-state index in [1.165, 1.54) is 0 Å². The van der Waals surface area contributed by atoms with Crippen molar-refractivity contribution in [3.8, 4) is 0 Å². The Balaban J connectivity index is 2.61. The first-order valence-corrected chi connectivity index (χ1v) is 6.99. The van der Waals surface area contributed by atoms with E-state index in [0.29, 0.717) is 18.9 Å². The first kappa shape index (κ1) is 15.0. The number of carbonyl (C=O) groups excluding carboxylic acids is 2. The summed E-state index contributed by atoms with van der Waals surface area (Å²) in [6.07, 6.45) is 4.77. The van der Waals surface area contributed by atoms with E-state index in [9.17, 15) is 9.59 Å². The zero-order valence-electron chi connectivity index (χ0n) is 11.9. The molecule has 0 bridgehead atoms. The highest BCUT2D eigenvalue weighted by molar-refractivity contribution is 5.80. The van der Waals surface area contributed by atoms with Gasteiger partial charge in [-0.3, -0.25) is 9.59 Å². The zero-order valence-corrected chi connectivity index (χ0v) is 11.9. The first-order valence-electron chi connectivity index (χ1n) is 6.99. The second kappa shape index (κ2) is 6.21. The minimum absolute atomic E-state index is 0.185. The largest absolute Gasteiger partial charge is 0.370 e. The highest BCUT2D eigenvalue weighted by Crippen LogP contribution is 2.33. The van der Waals surface area contributed by atoms with E-state index < -0.39 is 0 Å². The minimum atomic E-state index is -0.319. The lowest BCUT2D eigenvalue weighted by Crippen LogP contribution is -2.38. The Morgan fingerprint density at radius 2 is 1.89 bits per heavy atom. The van der Waals surface area contributed by atoms with E-state index >= 15 is 0 Å². The Kier molecular flexibility index (Phi) is 5.17. The van der Waals surface area contributed by atoms with Crippen molar-refractivity contribution in [2.24, 2.45) is 11.1 Å². The quantitative estimate of drug-likeness (QED) is 0.720. The number of amides is 2. The Labute approximate surface area is 110 Å². The Morgan fingerprint density at radius 1 is 1.28 bits per heavy atom. The summed E-state index contributed by atoms with van der Waals surface area (Å²) in [6, 6.07) is 0.451. The molecule has 1 aliphatic carbocycles. The van der Waals surface area contributed by atoms with Gasteiger partial charge in [0.2, 0.25) is 11.8 Å². The predicted octanol–water partition coefficient (Wildman–Crippen LogP) is 2.07. The third kappa shape index (κ3) is 4.31. The molecular weight excluding hydrogens is 228 g/mol. The van der Waals surface area contributed by atoms with Crippen molar-refractivity contribution < 1.29 is 9.59 Å². The molecule has 1 atom stereocenters. The van der Waals surface area contributed by atoms with Gasteiger partial charge in [-0.2, -0.15) is 0 Å². The van der Waals surface area contributed by atoms with Crippen LogP contribution in [0.5, 0.6) is 0 Å². The van der Waals surface area contributed by atoms with E-state index in [0.717, 1.165) is 32.2 Å². The van der Waals surface area contributed by atoms with Crippen molar-refractivity contribution in [1.82, 2.24) is 4.90 Å². The molecule has 0 heterocycles. The van der Waals surface area contributed by atoms with Gasteiger partial charge in [-0.25, -0.2) is 0 Å². The summed E-state index contributed by atoms with van der Waals surface area (Å²) in [6.45, 7) is 6.91. The third-order valence-electron chi connectivity index (χ3n) is 3.81. The smallest absolute Gasteiger partial charge is 0.223 e. The van der Waals surface area contributed by atoms with Gasteiger partial charge in [0.1, 0.15) is 0 Å². The summed E-state index contributed by atoms with van der Waals surface area (Å²) in [4.78, 5) is 25.4. The summed E-state index contributed by atoms with van der Waals surface area (Å²) in [5, 5.41) is 0. The van der Waals surface area contributed by atoms with Gasteiger partial charge >= 0.3 is 0 Å². The summed E-state index contributed by atoms with van der Waals surface area (Å²) in [5.74, 6) is -0.134. The number of hydrogen-bond donors (Lipinski definition) is 1. The third-order valence-corrected chi connectivity index (χ3v) is 3.81. The summed E-state index contributed by atoms with van der Waals surface area (Å²) in [7, 11) is 0. The van der Waals surface area contributed by atoms with Crippen LogP contribution in [0, 0.1) is 5.41 Å². The van der Waals surface area contributed by atoms with Crippen LogP contribution >= 0.6 is 0 Å². The zero-order chi connectivity index (χ0) is 13.8. The highest BCUT2D eigenvalue weighted by Gasteiger charge is 2.35. The number of rotatable bonds is 8. The van der Waals surface area contributed by atoms with E-state index in [4.69, 9.17) is 5.73 Å². The van der Waals surface area contributed by atoms with E-state index in [-0.39, 0.29) is 17.2 Å². The molecule has 0 aromatic heterocycles. The fraction of sp³-hybridized carbons (Fsp3) is 0.857. The molecule has 1 unspecified atom stereocenters. The van der Waals surface area contributed by atoms with Gasteiger partial charge in [-0.15, -0.1) is 0 Å². The van der Waals surface area contributed by atoms with Crippen molar-refractivity contribution in [3.63, 3.8) is 0 Å². The van der Waals surface area contributed by atoms with Gasteiger partial charge in [-0.1, -0.05) is 20.8 Å². The van der Waals surface area contributed by atoms with Crippen LogP contribution in [0.15, 0.2) is 0 Å². The molecule has 1 fully saturated rings. The molecule has 0 aromatic rings. The van der Waals surface area contributed by atoms with Crippen molar-refractivity contribution in [3.05, 3.63) is 0 Å². The van der Waals surface area contributed by atoms with Crippen LogP contribution in [0.2, 0.25) is 0 Å². The lowest BCUT2D eigenvalue weighted by molar-refractivity contribution is -0.134. The van der Waals surface area contributed by atoms with Crippen LogP contribution in [0.4, 0.5) is 0 Å². The predicted molar refractivity (Wildman–Crippen MR) is 71.9 cm³/mol. The van der Waals surface area contributed by atoms with Crippen LogP contribution in [0.25, 0.3) is 0 Å². The number of primary amides is 1. The number of nitrogens with zero attached hydrogens (tertiary/aromatic N) is 1. The molecule has 18 heavy (non-hydrogen) atoms. The van der Waals surface area contributed by atoms with Crippen molar-refractivity contribution in [1.29, 1.82) is 0 Å². The molecule has 4 heteroatoms. The van der Waals surface area contributed by atoms with Crippen molar-refractivity contribution in [2.45, 2.75) is 65.3 Å².